The van der Waals surface area contributed by atoms with Gasteiger partial charge in [0.1, 0.15) is 0 Å². The van der Waals surface area contributed by atoms with Crippen molar-refractivity contribution in [3.05, 3.63) is 48.0 Å². The van der Waals surface area contributed by atoms with E-state index in [9.17, 15) is 0 Å². The van der Waals surface area contributed by atoms with Crippen molar-refractivity contribution in [1.82, 2.24) is 24.6 Å². The third kappa shape index (κ3) is 4.08. The molecular formula is C19H27N5O. The molecule has 0 atom stereocenters. The van der Waals surface area contributed by atoms with Gasteiger partial charge in [0.25, 0.3) is 0 Å². The maximum atomic E-state index is 6.27. The largest absolute Gasteiger partial charge is 0.372 e. The minimum atomic E-state index is 0.0263. The van der Waals surface area contributed by atoms with Crippen molar-refractivity contribution in [1.29, 1.82) is 0 Å². The van der Waals surface area contributed by atoms with Crippen molar-refractivity contribution in [2.45, 2.75) is 31.5 Å². The second-order valence-corrected chi connectivity index (χ2v) is 7.36. The molecule has 6 heteroatoms. The first-order valence-corrected chi connectivity index (χ1v) is 9.17. The molecule has 4 heterocycles. The molecule has 1 spiro atoms. The minimum absolute atomic E-state index is 0.0263. The van der Waals surface area contributed by atoms with Crippen LogP contribution in [0.4, 0.5) is 0 Å². The van der Waals surface area contributed by atoms with Gasteiger partial charge < -0.3 is 4.74 Å². The first-order valence-electron chi connectivity index (χ1n) is 9.17. The molecule has 0 amide bonds. The molecule has 2 saturated heterocycles. The van der Waals surface area contributed by atoms with E-state index in [0.29, 0.717) is 0 Å². The number of aryl methyl sites for hydroxylation is 1. The summed E-state index contributed by atoms with van der Waals surface area (Å²) < 4.78 is 8.15. The summed E-state index contributed by atoms with van der Waals surface area (Å²) in [4.78, 5) is 9.49. The normalized spacial score (nSPS) is 21.6. The molecule has 0 saturated carbocycles. The zero-order valence-corrected chi connectivity index (χ0v) is 15.0. The number of aromatic nitrogens is 3. The van der Waals surface area contributed by atoms with Gasteiger partial charge in [0.15, 0.2) is 0 Å². The van der Waals surface area contributed by atoms with E-state index in [1.807, 2.05) is 30.2 Å². The standard InChI is InChI=1S/C19H27N5O/c1-22-13-17(12-21-22)14-23-8-5-19(6-9-23)16-24(10-11-25-19)15-18-4-2-3-7-20-18/h2-4,7,12-13H,5-6,8-11,14-16H2,1H3. The highest BCUT2D eigenvalue weighted by atomic mass is 16.5. The summed E-state index contributed by atoms with van der Waals surface area (Å²) in [6.45, 7) is 6.93. The Morgan fingerprint density at radius 3 is 2.72 bits per heavy atom. The zero-order valence-electron chi connectivity index (χ0n) is 15.0. The lowest BCUT2D eigenvalue weighted by Crippen LogP contribution is -2.56. The van der Waals surface area contributed by atoms with Crippen molar-refractivity contribution in [2.75, 3.05) is 32.8 Å². The fourth-order valence-electron chi connectivity index (χ4n) is 4.01. The number of ether oxygens (including phenoxy) is 1. The van der Waals surface area contributed by atoms with Crippen molar-refractivity contribution in [2.24, 2.45) is 7.05 Å². The third-order valence-corrected chi connectivity index (χ3v) is 5.37. The van der Waals surface area contributed by atoms with Gasteiger partial charge in [-0.15, -0.1) is 0 Å². The van der Waals surface area contributed by atoms with Crippen LogP contribution >= 0.6 is 0 Å². The molecule has 0 aliphatic carbocycles. The van der Waals surface area contributed by atoms with Crippen molar-refractivity contribution in [3.63, 3.8) is 0 Å². The molecule has 2 aromatic heterocycles. The molecule has 0 aromatic carbocycles. The topological polar surface area (TPSA) is 46.4 Å². The van der Waals surface area contributed by atoms with Crippen LogP contribution < -0.4 is 0 Å². The minimum Gasteiger partial charge on any atom is -0.372 e. The van der Waals surface area contributed by atoms with Crippen molar-refractivity contribution in [3.8, 4) is 0 Å². The Morgan fingerprint density at radius 2 is 2.00 bits per heavy atom. The van der Waals surface area contributed by atoms with Crippen molar-refractivity contribution >= 4 is 0 Å². The fourth-order valence-corrected chi connectivity index (χ4v) is 4.01. The second-order valence-electron chi connectivity index (χ2n) is 7.36. The van der Waals surface area contributed by atoms with E-state index in [-0.39, 0.29) is 5.60 Å². The number of piperidine rings is 1. The van der Waals surface area contributed by atoms with Crippen LogP contribution in [0.25, 0.3) is 0 Å². The summed E-state index contributed by atoms with van der Waals surface area (Å²) in [6, 6.07) is 6.15. The van der Waals surface area contributed by atoms with Gasteiger partial charge in [0.2, 0.25) is 0 Å². The number of pyridine rings is 1. The lowest BCUT2D eigenvalue weighted by Gasteiger charge is -2.47. The Bertz CT molecular complexity index is 678. The van der Waals surface area contributed by atoms with Gasteiger partial charge in [-0.05, 0) is 25.0 Å². The van der Waals surface area contributed by atoms with Crippen LogP contribution in [0.3, 0.4) is 0 Å². The van der Waals surface area contributed by atoms with Gasteiger partial charge >= 0.3 is 0 Å². The van der Waals surface area contributed by atoms with Crippen LogP contribution in [0, 0.1) is 0 Å². The Labute approximate surface area is 149 Å². The molecule has 6 nitrogen and oxygen atoms in total. The van der Waals surface area contributed by atoms with Gasteiger partial charge in [-0.2, -0.15) is 5.10 Å². The molecule has 2 aromatic rings. The average Bonchev–Trinajstić information content (AvgIpc) is 3.03. The second kappa shape index (κ2) is 7.23. The Hall–Kier alpha value is -1.76. The molecule has 2 aliphatic rings. The van der Waals surface area contributed by atoms with Crippen LogP contribution in [0.1, 0.15) is 24.1 Å². The van der Waals surface area contributed by atoms with E-state index >= 15 is 0 Å². The van der Waals surface area contributed by atoms with E-state index in [1.165, 1.54) is 5.56 Å². The van der Waals surface area contributed by atoms with Crippen LogP contribution in [0.15, 0.2) is 36.8 Å². The van der Waals surface area contributed by atoms with Crippen LogP contribution in [-0.4, -0.2) is 63.0 Å². The van der Waals surface area contributed by atoms with E-state index < -0.39 is 0 Å². The van der Waals surface area contributed by atoms with Crippen LogP contribution in [-0.2, 0) is 24.9 Å². The highest BCUT2D eigenvalue weighted by Crippen LogP contribution is 2.31. The maximum Gasteiger partial charge on any atom is 0.0833 e. The number of hydrogen-bond donors (Lipinski definition) is 0. The number of nitrogens with zero attached hydrogens (tertiary/aromatic N) is 5. The fraction of sp³-hybridized carbons (Fsp3) is 0.579. The van der Waals surface area contributed by atoms with Gasteiger partial charge in [-0.3, -0.25) is 19.5 Å². The summed E-state index contributed by atoms with van der Waals surface area (Å²) in [6.07, 6.45) is 8.16. The van der Waals surface area contributed by atoms with Gasteiger partial charge in [0.05, 0.1) is 24.1 Å². The average molecular weight is 341 g/mol. The van der Waals surface area contributed by atoms with Gasteiger partial charge in [-0.25, -0.2) is 0 Å². The lowest BCUT2D eigenvalue weighted by atomic mass is 9.89. The first-order chi connectivity index (χ1) is 12.2. The molecule has 25 heavy (non-hydrogen) atoms. The molecule has 2 fully saturated rings. The monoisotopic (exact) mass is 341 g/mol. The number of morpholine rings is 1. The van der Waals surface area contributed by atoms with E-state index in [2.05, 4.69) is 38.2 Å². The highest BCUT2D eigenvalue weighted by Gasteiger charge is 2.39. The third-order valence-electron chi connectivity index (χ3n) is 5.37. The quantitative estimate of drug-likeness (QED) is 0.847. The molecule has 0 N–H and O–H groups in total. The molecule has 4 rings (SSSR count). The Kier molecular flexibility index (Phi) is 4.83. The van der Waals surface area contributed by atoms with E-state index in [0.717, 1.165) is 64.4 Å². The summed E-state index contributed by atoms with van der Waals surface area (Å²) in [7, 11) is 1.97. The van der Waals surface area contributed by atoms with E-state index in [4.69, 9.17) is 4.74 Å². The maximum absolute atomic E-state index is 6.27. The molecular weight excluding hydrogens is 314 g/mol. The molecule has 2 aliphatic heterocycles. The summed E-state index contributed by atoms with van der Waals surface area (Å²) in [5.74, 6) is 0. The van der Waals surface area contributed by atoms with E-state index in [1.54, 1.807) is 0 Å². The zero-order chi connectivity index (χ0) is 17.1. The predicted molar refractivity (Wildman–Crippen MR) is 95.9 cm³/mol. The van der Waals surface area contributed by atoms with Crippen molar-refractivity contribution < 1.29 is 4.74 Å². The smallest absolute Gasteiger partial charge is 0.0833 e. The molecule has 0 unspecified atom stereocenters. The summed E-state index contributed by atoms with van der Waals surface area (Å²) in [5, 5.41) is 4.27. The van der Waals surface area contributed by atoms with Gasteiger partial charge in [-0.1, -0.05) is 6.07 Å². The SMILES string of the molecule is Cn1cc(CN2CCC3(CC2)CN(Cc2ccccn2)CCO3)cn1. The molecule has 134 valence electrons. The lowest BCUT2D eigenvalue weighted by molar-refractivity contribution is -0.138. The Morgan fingerprint density at radius 1 is 1.12 bits per heavy atom. The van der Waals surface area contributed by atoms with Gasteiger partial charge in [0, 0.05) is 64.3 Å². The number of hydrogen-bond acceptors (Lipinski definition) is 5. The predicted octanol–water partition coefficient (Wildman–Crippen LogP) is 1.68. The first kappa shape index (κ1) is 16.7. The molecule has 0 bridgehead atoms. The number of rotatable bonds is 4. The summed E-state index contributed by atoms with van der Waals surface area (Å²) >= 11 is 0. The van der Waals surface area contributed by atoms with Crippen LogP contribution in [0.5, 0.6) is 0 Å². The summed E-state index contributed by atoms with van der Waals surface area (Å²) in [5.41, 5.74) is 2.46. The molecule has 0 radical (unpaired) electrons. The Balaban J connectivity index is 1.32. The van der Waals surface area contributed by atoms with Crippen LogP contribution in [0.2, 0.25) is 0 Å². The number of likely N-dealkylation sites (tertiary alicyclic amines) is 1. The highest BCUT2D eigenvalue weighted by molar-refractivity contribution is 5.06.